The normalized spacial score (nSPS) is 20.0. The van der Waals surface area contributed by atoms with Crippen molar-refractivity contribution < 1.29 is 9.90 Å². The van der Waals surface area contributed by atoms with Crippen LogP contribution >= 0.6 is 0 Å². The number of hydrogen-bond donors (Lipinski definition) is 1. The number of carbonyl (C=O) groups excluding carboxylic acids is 1. The van der Waals surface area contributed by atoms with Gasteiger partial charge in [0, 0.05) is 31.5 Å². The Morgan fingerprint density at radius 2 is 1.96 bits per heavy atom. The molecule has 0 saturated carbocycles. The summed E-state index contributed by atoms with van der Waals surface area (Å²) >= 11 is 0. The highest BCUT2D eigenvalue weighted by molar-refractivity contribution is 5.94. The minimum absolute atomic E-state index is 0.0748. The second kappa shape index (κ2) is 7.83. The number of rotatable bonds is 5. The Balaban J connectivity index is 1.66. The highest BCUT2D eigenvalue weighted by Crippen LogP contribution is 2.25. The van der Waals surface area contributed by atoms with Gasteiger partial charge in [0.2, 0.25) is 5.95 Å². The average Bonchev–Trinajstić information content (AvgIpc) is 2.68. The van der Waals surface area contributed by atoms with Crippen molar-refractivity contribution in [2.45, 2.75) is 31.8 Å². The van der Waals surface area contributed by atoms with E-state index in [4.69, 9.17) is 0 Å². The molecule has 1 fully saturated rings. The number of β-amino-alcohol motifs (C(OH)–C–C–N with tert-alkyl or cyclic N) is 1. The van der Waals surface area contributed by atoms with E-state index in [0.29, 0.717) is 24.5 Å². The summed E-state index contributed by atoms with van der Waals surface area (Å²) in [6, 6.07) is 9.44. The summed E-state index contributed by atoms with van der Waals surface area (Å²) in [6.45, 7) is 3.60. The Kier molecular flexibility index (Phi) is 5.52. The number of aryl methyl sites for hydroxylation is 1. The topological polar surface area (TPSA) is 69.6 Å². The van der Waals surface area contributed by atoms with Gasteiger partial charge in [-0.3, -0.25) is 4.79 Å². The van der Waals surface area contributed by atoms with Crippen molar-refractivity contribution >= 4 is 11.9 Å². The molecule has 1 aliphatic rings. The molecule has 0 radical (unpaired) electrons. The zero-order valence-corrected chi connectivity index (χ0v) is 15.4. The van der Waals surface area contributed by atoms with E-state index in [9.17, 15) is 9.90 Å². The molecule has 0 aliphatic carbocycles. The average molecular weight is 354 g/mol. The van der Waals surface area contributed by atoms with E-state index in [1.165, 1.54) is 5.56 Å². The molecule has 2 heterocycles. The molecule has 0 bridgehead atoms. The molecule has 6 nitrogen and oxygen atoms in total. The van der Waals surface area contributed by atoms with Gasteiger partial charge in [-0.1, -0.05) is 19.1 Å². The van der Waals surface area contributed by atoms with Crippen LogP contribution in [-0.4, -0.2) is 58.2 Å². The minimum atomic E-state index is -0.967. The Morgan fingerprint density at radius 1 is 1.27 bits per heavy atom. The van der Waals surface area contributed by atoms with E-state index in [-0.39, 0.29) is 12.5 Å². The SMILES string of the molecule is CCc1ccc(C(=O)N(C)C[C@@]2(O)CCCN(c3ncccn3)C2)cc1. The maximum Gasteiger partial charge on any atom is 0.253 e. The highest BCUT2D eigenvalue weighted by Gasteiger charge is 2.36. The van der Waals surface area contributed by atoms with E-state index in [0.717, 1.165) is 19.4 Å². The lowest BCUT2D eigenvalue weighted by Crippen LogP contribution is -2.55. The van der Waals surface area contributed by atoms with Gasteiger partial charge in [0.25, 0.3) is 5.91 Å². The number of benzene rings is 1. The predicted molar refractivity (Wildman–Crippen MR) is 101 cm³/mol. The van der Waals surface area contributed by atoms with Gasteiger partial charge in [-0.05, 0) is 43.0 Å². The molecule has 1 N–H and O–H groups in total. The molecule has 1 aromatic carbocycles. The molecule has 1 atom stereocenters. The predicted octanol–water partition coefficient (Wildman–Crippen LogP) is 2.14. The zero-order chi connectivity index (χ0) is 18.6. The standard InChI is InChI=1S/C20H26N4O2/c1-3-16-6-8-17(9-7-16)18(25)23(2)14-20(26)10-4-13-24(15-20)19-21-11-5-12-22-19/h5-9,11-12,26H,3-4,10,13-15H2,1-2H3/t20-/m0/s1. The molecule has 6 heteroatoms. The van der Waals surface area contributed by atoms with Gasteiger partial charge >= 0.3 is 0 Å². The maximum atomic E-state index is 12.7. The summed E-state index contributed by atoms with van der Waals surface area (Å²) in [7, 11) is 1.74. The molecule has 1 aliphatic heterocycles. The lowest BCUT2D eigenvalue weighted by Gasteiger charge is -2.41. The monoisotopic (exact) mass is 354 g/mol. The first-order valence-corrected chi connectivity index (χ1v) is 9.09. The quantitative estimate of drug-likeness (QED) is 0.891. The molecular weight excluding hydrogens is 328 g/mol. The lowest BCUT2D eigenvalue weighted by atomic mass is 9.92. The van der Waals surface area contributed by atoms with Crippen LogP contribution in [0.25, 0.3) is 0 Å². The third-order valence-electron chi connectivity index (χ3n) is 4.88. The number of hydrogen-bond acceptors (Lipinski definition) is 5. The van der Waals surface area contributed by atoms with Crippen molar-refractivity contribution in [1.82, 2.24) is 14.9 Å². The Labute approximate surface area is 154 Å². The number of carbonyl (C=O) groups is 1. The van der Waals surface area contributed by atoms with Crippen LogP contribution in [-0.2, 0) is 6.42 Å². The summed E-state index contributed by atoms with van der Waals surface area (Å²) in [5, 5.41) is 11.1. The van der Waals surface area contributed by atoms with E-state index in [2.05, 4.69) is 16.9 Å². The third kappa shape index (κ3) is 4.19. The van der Waals surface area contributed by atoms with Crippen molar-refractivity contribution in [1.29, 1.82) is 0 Å². The molecule has 1 aromatic heterocycles. The number of nitrogens with zero attached hydrogens (tertiary/aromatic N) is 4. The first-order chi connectivity index (χ1) is 12.5. The van der Waals surface area contributed by atoms with Crippen LogP contribution in [0.5, 0.6) is 0 Å². The van der Waals surface area contributed by atoms with E-state index in [1.807, 2.05) is 29.2 Å². The number of likely N-dealkylation sites (N-methyl/N-ethyl adjacent to an activating group) is 1. The van der Waals surface area contributed by atoms with E-state index < -0.39 is 5.60 Å². The largest absolute Gasteiger partial charge is 0.386 e. The molecule has 138 valence electrons. The van der Waals surface area contributed by atoms with Crippen molar-refractivity contribution in [3.8, 4) is 0 Å². The fraction of sp³-hybridized carbons (Fsp3) is 0.450. The second-order valence-electron chi connectivity index (χ2n) is 7.01. The van der Waals surface area contributed by atoms with Gasteiger partial charge in [-0.2, -0.15) is 0 Å². The number of piperidine rings is 1. The van der Waals surface area contributed by atoms with Crippen LogP contribution in [0, 0.1) is 0 Å². The van der Waals surface area contributed by atoms with Crippen LogP contribution in [0.1, 0.15) is 35.7 Å². The molecule has 1 amide bonds. The molecule has 2 aromatic rings. The smallest absolute Gasteiger partial charge is 0.253 e. The summed E-state index contributed by atoms with van der Waals surface area (Å²) in [6.07, 6.45) is 5.84. The molecule has 0 unspecified atom stereocenters. The van der Waals surface area contributed by atoms with E-state index >= 15 is 0 Å². The number of aromatic nitrogens is 2. The van der Waals surface area contributed by atoms with Crippen molar-refractivity contribution in [2.75, 3.05) is 31.6 Å². The van der Waals surface area contributed by atoms with Gasteiger partial charge in [-0.15, -0.1) is 0 Å². The third-order valence-corrected chi connectivity index (χ3v) is 4.88. The Morgan fingerprint density at radius 3 is 2.62 bits per heavy atom. The van der Waals surface area contributed by atoms with Crippen LogP contribution in [0.2, 0.25) is 0 Å². The summed E-state index contributed by atoms with van der Waals surface area (Å²) in [5.41, 5.74) is 0.881. The van der Waals surface area contributed by atoms with Crippen molar-refractivity contribution in [3.63, 3.8) is 0 Å². The van der Waals surface area contributed by atoms with Crippen LogP contribution in [0.15, 0.2) is 42.7 Å². The Bertz CT molecular complexity index is 735. The van der Waals surface area contributed by atoms with Crippen molar-refractivity contribution in [2.24, 2.45) is 0 Å². The van der Waals surface area contributed by atoms with Crippen LogP contribution < -0.4 is 4.90 Å². The van der Waals surface area contributed by atoms with Crippen LogP contribution in [0.3, 0.4) is 0 Å². The molecule has 26 heavy (non-hydrogen) atoms. The fourth-order valence-corrected chi connectivity index (χ4v) is 3.48. The number of anilines is 1. The first-order valence-electron chi connectivity index (χ1n) is 9.09. The van der Waals surface area contributed by atoms with Crippen LogP contribution in [0.4, 0.5) is 5.95 Å². The zero-order valence-electron chi connectivity index (χ0n) is 15.4. The van der Waals surface area contributed by atoms with Crippen molar-refractivity contribution in [3.05, 3.63) is 53.9 Å². The van der Waals surface area contributed by atoms with E-state index in [1.54, 1.807) is 30.4 Å². The highest BCUT2D eigenvalue weighted by atomic mass is 16.3. The maximum absolute atomic E-state index is 12.7. The number of amides is 1. The minimum Gasteiger partial charge on any atom is -0.386 e. The van der Waals surface area contributed by atoms with Gasteiger partial charge in [0.05, 0.1) is 18.7 Å². The van der Waals surface area contributed by atoms with Gasteiger partial charge in [-0.25, -0.2) is 9.97 Å². The Hall–Kier alpha value is -2.47. The summed E-state index contributed by atoms with van der Waals surface area (Å²) in [4.78, 5) is 24.8. The second-order valence-corrected chi connectivity index (χ2v) is 7.01. The number of aliphatic hydroxyl groups is 1. The summed E-state index contributed by atoms with van der Waals surface area (Å²) < 4.78 is 0. The van der Waals surface area contributed by atoms with Gasteiger partial charge in [0.1, 0.15) is 0 Å². The van der Waals surface area contributed by atoms with Gasteiger partial charge < -0.3 is 14.9 Å². The first kappa shape index (κ1) is 18.3. The summed E-state index contributed by atoms with van der Waals surface area (Å²) in [5.74, 6) is 0.545. The molecule has 1 saturated heterocycles. The molecule has 0 spiro atoms. The lowest BCUT2D eigenvalue weighted by molar-refractivity contribution is -0.000296. The molecular formula is C20H26N4O2. The fourth-order valence-electron chi connectivity index (χ4n) is 3.48. The van der Waals surface area contributed by atoms with Gasteiger partial charge in [0.15, 0.2) is 0 Å². The molecule has 3 rings (SSSR count).